The fourth-order valence-corrected chi connectivity index (χ4v) is 4.40. The van der Waals surface area contributed by atoms with Gasteiger partial charge in [0, 0.05) is 58.3 Å². The highest BCUT2D eigenvalue weighted by Gasteiger charge is 2.07. The normalized spacial score (nSPS) is 11.9. The van der Waals surface area contributed by atoms with Gasteiger partial charge in [0.1, 0.15) is 0 Å². The third kappa shape index (κ3) is 6.05. The highest BCUT2D eigenvalue weighted by Crippen LogP contribution is 2.33. The second kappa shape index (κ2) is 11.8. The summed E-state index contributed by atoms with van der Waals surface area (Å²) in [5.41, 5.74) is 6.78. The van der Waals surface area contributed by atoms with Crippen LogP contribution in [0.15, 0.2) is 119 Å². The molecule has 0 aliphatic rings. The van der Waals surface area contributed by atoms with Crippen LogP contribution in [0.25, 0.3) is 22.3 Å². The molecule has 0 atom stereocenters. The van der Waals surface area contributed by atoms with Crippen molar-refractivity contribution in [3.63, 3.8) is 0 Å². The van der Waals surface area contributed by atoms with Crippen molar-refractivity contribution < 1.29 is 0 Å². The molecule has 3 aromatic carbocycles. The molecular formula is C33H29N9. The lowest BCUT2D eigenvalue weighted by Gasteiger charge is -2.09. The fourth-order valence-electron chi connectivity index (χ4n) is 4.40. The van der Waals surface area contributed by atoms with Gasteiger partial charge < -0.3 is 13.7 Å². The minimum atomic E-state index is 0.784. The Hall–Kier alpha value is -5.70. The Labute approximate surface area is 244 Å². The molecule has 0 spiro atoms. The standard InChI is InChI=1S/C33H29N9/c1-40-15-12-34-31(40)21-37-28-8-4-24(5-9-28)26-18-27(20-30(19-26)39-23-33-36-14-17-42(33)3)25-6-10-29(11-7-25)38-22-32-35-13-16-41(32)2/h4-23H,1-3H3. The van der Waals surface area contributed by atoms with Crippen molar-refractivity contribution in [2.75, 3.05) is 0 Å². The van der Waals surface area contributed by atoms with Gasteiger partial charge in [0.15, 0.2) is 17.5 Å². The number of imidazole rings is 3. The molecule has 3 aromatic heterocycles. The monoisotopic (exact) mass is 551 g/mol. The zero-order chi connectivity index (χ0) is 28.9. The van der Waals surface area contributed by atoms with Crippen molar-refractivity contribution in [1.82, 2.24) is 28.7 Å². The van der Waals surface area contributed by atoms with Crippen LogP contribution >= 0.6 is 0 Å². The van der Waals surface area contributed by atoms with Crippen molar-refractivity contribution in [2.45, 2.75) is 0 Å². The van der Waals surface area contributed by atoms with Crippen LogP contribution in [-0.2, 0) is 21.1 Å². The zero-order valence-electron chi connectivity index (χ0n) is 23.6. The van der Waals surface area contributed by atoms with Gasteiger partial charge in [-0.25, -0.2) is 15.0 Å². The molecule has 0 aliphatic heterocycles. The summed E-state index contributed by atoms with van der Waals surface area (Å²) >= 11 is 0. The molecule has 0 aliphatic carbocycles. The molecule has 9 heteroatoms. The number of hydrogen-bond acceptors (Lipinski definition) is 6. The maximum Gasteiger partial charge on any atom is 0.150 e. The molecule has 6 aromatic rings. The van der Waals surface area contributed by atoms with E-state index in [1.54, 1.807) is 37.2 Å². The Morgan fingerprint density at radius 2 is 0.810 bits per heavy atom. The molecule has 0 fully saturated rings. The van der Waals surface area contributed by atoms with Crippen LogP contribution in [-0.4, -0.2) is 47.3 Å². The topological polar surface area (TPSA) is 90.5 Å². The first kappa shape index (κ1) is 26.5. The average molecular weight is 552 g/mol. The lowest BCUT2D eigenvalue weighted by molar-refractivity contribution is 0.902. The molecule has 9 nitrogen and oxygen atoms in total. The van der Waals surface area contributed by atoms with Crippen LogP contribution in [0.3, 0.4) is 0 Å². The van der Waals surface area contributed by atoms with Gasteiger partial charge in [-0.3, -0.25) is 15.0 Å². The first-order valence-corrected chi connectivity index (χ1v) is 13.4. The SMILES string of the molecule is Cn1ccnc1C=Nc1ccc(-c2cc(N=Cc3nccn3C)cc(-c3ccc(N=Cc4nccn4C)cc3)c2)cc1. The number of rotatable bonds is 8. The van der Waals surface area contributed by atoms with E-state index in [1.807, 2.05) is 77.7 Å². The predicted molar refractivity (Wildman–Crippen MR) is 169 cm³/mol. The van der Waals surface area contributed by atoms with Crippen molar-refractivity contribution in [3.8, 4) is 22.3 Å². The molecule has 0 unspecified atom stereocenters. The van der Waals surface area contributed by atoms with Crippen LogP contribution in [0.1, 0.15) is 17.5 Å². The van der Waals surface area contributed by atoms with Gasteiger partial charge in [0.25, 0.3) is 0 Å². The number of hydrogen-bond donors (Lipinski definition) is 0. The molecule has 0 radical (unpaired) electrons. The van der Waals surface area contributed by atoms with E-state index in [1.165, 1.54) is 0 Å². The number of aromatic nitrogens is 6. The predicted octanol–water partition coefficient (Wildman–Crippen LogP) is 6.47. The van der Waals surface area contributed by atoms with Gasteiger partial charge in [0.2, 0.25) is 0 Å². The van der Waals surface area contributed by atoms with E-state index in [0.717, 1.165) is 56.8 Å². The summed E-state index contributed by atoms with van der Waals surface area (Å²) in [7, 11) is 5.84. The minimum absolute atomic E-state index is 0.784. The number of aryl methyl sites for hydroxylation is 3. The maximum atomic E-state index is 4.78. The minimum Gasteiger partial charge on any atom is -0.333 e. The van der Waals surface area contributed by atoms with Crippen molar-refractivity contribution in [3.05, 3.63) is 121 Å². The van der Waals surface area contributed by atoms with E-state index in [4.69, 9.17) is 4.99 Å². The van der Waals surface area contributed by atoms with E-state index in [-0.39, 0.29) is 0 Å². The van der Waals surface area contributed by atoms with E-state index >= 15 is 0 Å². The Balaban J connectivity index is 1.31. The quantitative estimate of drug-likeness (QED) is 0.203. The Bertz CT molecular complexity index is 1790. The summed E-state index contributed by atoms with van der Waals surface area (Å²) in [5, 5.41) is 0. The Morgan fingerprint density at radius 3 is 1.14 bits per heavy atom. The van der Waals surface area contributed by atoms with E-state index < -0.39 is 0 Å². The second-order valence-electron chi connectivity index (χ2n) is 9.83. The lowest BCUT2D eigenvalue weighted by Crippen LogP contribution is -1.94. The summed E-state index contributed by atoms with van der Waals surface area (Å²) in [6, 6.07) is 22.7. The first-order chi connectivity index (χ1) is 20.5. The van der Waals surface area contributed by atoms with Gasteiger partial charge in [-0.1, -0.05) is 24.3 Å². The van der Waals surface area contributed by atoms with E-state index in [2.05, 4.69) is 67.4 Å². The fraction of sp³-hybridized carbons (Fsp3) is 0.0909. The van der Waals surface area contributed by atoms with Crippen molar-refractivity contribution in [2.24, 2.45) is 36.1 Å². The first-order valence-electron chi connectivity index (χ1n) is 13.4. The highest BCUT2D eigenvalue weighted by atomic mass is 15.1. The van der Waals surface area contributed by atoms with Crippen LogP contribution in [0, 0.1) is 0 Å². The van der Waals surface area contributed by atoms with E-state index in [0.29, 0.717) is 0 Å². The smallest absolute Gasteiger partial charge is 0.150 e. The van der Waals surface area contributed by atoms with Crippen LogP contribution < -0.4 is 0 Å². The molecule has 0 saturated heterocycles. The van der Waals surface area contributed by atoms with Gasteiger partial charge in [0.05, 0.1) is 35.7 Å². The molecule has 6 rings (SSSR count). The zero-order valence-corrected chi connectivity index (χ0v) is 23.6. The van der Waals surface area contributed by atoms with E-state index in [9.17, 15) is 0 Å². The van der Waals surface area contributed by atoms with Gasteiger partial charge in [-0.15, -0.1) is 0 Å². The second-order valence-corrected chi connectivity index (χ2v) is 9.83. The Kier molecular flexibility index (Phi) is 7.46. The third-order valence-corrected chi connectivity index (χ3v) is 6.88. The van der Waals surface area contributed by atoms with Crippen LogP contribution in [0.2, 0.25) is 0 Å². The van der Waals surface area contributed by atoms with Crippen LogP contribution in [0.4, 0.5) is 17.1 Å². The average Bonchev–Trinajstić information content (AvgIpc) is 3.75. The summed E-state index contributed by atoms with van der Waals surface area (Å²) in [6.45, 7) is 0. The Morgan fingerprint density at radius 1 is 0.452 bits per heavy atom. The molecule has 0 N–H and O–H groups in total. The number of benzene rings is 3. The lowest BCUT2D eigenvalue weighted by atomic mass is 9.98. The number of nitrogens with zero attached hydrogens (tertiary/aromatic N) is 9. The highest BCUT2D eigenvalue weighted by molar-refractivity contribution is 5.83. The summed E-state index contributed by atoms with van der Waals surface area (Å²) in [6.07, 6.45) is 16.3. The molecule has 3 heterocycles. The summed E-state index contributed by atoms with van der Waals surface area (Å²) in [4.78, 5) is 26.9. The molecule has 0 saturated carbocycles. The number of aliphatic imine (C=N–C) groups is 3. The summed E-state index contributed by atoms with van der Waals surface area (Å²) < 4.78 is 5.79. The molecule has 0 amide bonds. The van der Waals surface area contributed by atoms with Crippen LogP contribution in [0.5, 0.6) is 0 Å². The van der Waals surface area contributed by atoms with Gasteiger partial charge in [-0.05, 0) is 64.7 Å². The molecule has 206 valence electrons. The third-order valence-electron chi connectivity index (χ3n) is 6.88. The molecule has 0 bridgehead atoms. The molecule has 42 heavy (non-hydrogen) atoms. The van der Waals surface area contributed by atoms with Gasteiger partial charge in [-0.2, -0.15) is 0 Å². The maximum absolute atomic E-state index is 4.78. The molecular weight excluding hydrogens is 522 g/mol. The van der Waals surface area contributed by atoms with Gasteiger partial charge >= 0.3 is 0 Å². The van der Waals surface area contributed by atoms with Crippen molar-refractivity contribution >= 4 is 35.7 Å². The van der Waals surface area contributed by atoms with Crippen molar-refractivity contribution in [1.29, 1.82) is 0 Å². The summed E-state index contributed by atoms with van der Waals surface area (Å²) in [5.74, 6) is 2.39. The largest absolute Gasteiger partial charge is 0.333 e.